The molecule has 108 valence electrons. The molecule has 0 amide bonds. The minimum Gasteiger partial charge on any atom is -0.478 e. The van der Waals surface area contributed by atoms with Crippen LogP contribution in [0.25, 0.3) is 0 Å². The zero-order valence-corrected chi connectivity index (χ0v) is 12.0. The number of anilines is 3. The lowest BCUT2D eigenvalue weighted by Gasteiger charge is -2.32. The molecule has 0 atom stereocenters. The van der Waals surface area contributed by atoms with Crippen molar-refractivity contribution in [3.63, 3.8) is 0 Å². The van der Waals surface area contributed by atoms with Crippen molar-refractivity contribution in [2.24, 2.45) is 0 Å². The van der Waals surface area contributed by atoms with Gasteiger partial charge < -0.3 is 15.7 Å². The number of aromatic carboxylic acids is 1. The summed E-state index contributed by atoms with van der Waals surface area (Å²) >= 11 is 0. The summed E-state index contributed by atoms with van der Waals surface area (Å²) in [7, 11) is 0. The molecule has 0 saturated heterocycles. The first kappa shape index (κ1) is 13.5. The van der Waals surface area contributed by atoms with Gasteiger partial charge in [0.1, 0.15) is 0 Å². The first-order valence-electron chi connectivity index (χ1n) is 7.06. The van der Waals surface area contributed by atoms with E-state index in [4.69, 9.17) is 5.73 Å². The molecular formula is C17H18N2O2. The molecule has 0 spiro atoms. The van der Waals surface area contributed by atoms with Gasteiger partial charge in [0.2, 0.25) is 0 Å². The van der Waals surface area contributed by atoms with Gasteiger partial charge in [0, 0.05) is 23.6 Å². The van der Waals surface area contributed by atoms with Crippen LogP contribution in [-0.4, -0.2) is 17.6 Å². The van der Waals surface area contributed by atoms with E-state index >= 15 is 0 Å². The molecule has 4 heteroatoms. The van der Waals surface area contributed by atoms with Crippen LogP contribution in [0, 0.1) is 6.92 Å². The Kier molecular flexibility index (Phi) is 3.29. The van der Waals surface area contributed by atoms with Crippen molar-refractivity contribution in [1.29, 1.82) is 0 Å². The number of rotatable bonds is 2. The van der Waals surface area contributed by atoms with Crippen molar-refractivity contribution in [2.75, 3.05) is 17.2 Å². The first-order chi connectivity index (χ1) is 10.1. The SMILES string of the molecule is Cc1ccc2c(c1)CCCN2c1ccc(N)c(C(=O)O)c1. The summed E-state index contributed by atoms with van der Waals surface area (Å²) in [5.41, 5.74) is 10.8. The van der Waals surface area contributed by atoms with E-state index in [1.165, 1.54) is 11.1 Å². The van der Waals surface area contributed by atoms with E-state index < -0.39 is 5.97 Å². The zero-order valence-electron chi connectivity index (χ0n) is 12.0. The number of nitrogens with two attached hydrogens (primary N) is 1. The zero-order chi connectivity index (χ0) is 15.0. The lowest BCUT2D eigenvalue weighted by molar-refractivity contribution is 0.0698. The van der Waals surface area contributed by atoms with Gasteiger partial charge in [-0.1, -0.05) is 17.7 Å². The summed E-state index contributed by atoms with van der Waals surface area (Å²) < 4.78 is 0. The maximum atomic E-state index is 11.2. The molecule has 0 fully saturated rings. The van der Waals surface area contributed by atoms with Crippen LogP contribution in [0.5, 0.6) is 0 Å². The number of fused-ring (bicyclic) bond motifs is 1. The number of aryl methyl sites for hydroxylation is 2. The van der Waals surface area contributed by atoms with E-state index in [0.717, 1.165) is 30.8 Å². The second kappa shape index (κ2) is 5.13. The Morgan fingerprint density at radius 1 is 1.24 bits per heavy atom. The molecule has 0 aliphatic carbocycles. The minimum atomic E-state index is -0.990. The molecule has 0 radical (unpaired) electrons. The van der Waals surface area contributed by atoms with Crippen LogP contribution >= 0.6 is 0 Å². The number of hydrogen-bond acceptors (Lipinski definition) is 3. The van der Waals surface area contributed by atoms with Crippen LogP contribution < -0.4 is 10.6 Å². The smallest absolute Gasteiger partial charge is 0.337 e. The predicted octanol–water partition coefficient (Wildman–Crippen LogP) is 3.36. The monoisotopic (exact) mass is 282 g/mol. The first-order valence-corrected chi connectivity index (χ1v) is 7.06. The van der Waals surface area contributed by atoms with Crippen molar-refractivity contribution in [3.05, 3.63) is 53.1 Å². The Balaban J connectivity index is 2.07. The van der Waals surface area contributed by atoms with Gasteiger partial charge in [-0.3, -0.25) is 0 Å². The van der Waals surface area contributed by atoms with E-state index in [-0.39, 0.29) is 5.56 Å². The van der Waals surface area contributed by atoms with Gasteiger partial charge in [-0.15, -0.1) is 0 Å². The Morgan fingerprint density at radius 3 is 2.81 bits per heavy atom. The van der Waals surface area contributed by atoms with E-state index in [9.17, 15) is 9.90 Å². The molecule has 1 aliphatic heterocycles. The largest absolute Gasteiger partial charge is 0.478 e. The second-order valence-electron chi connectivity index (χ2n) is 5.46. The molecule has 1 aliphatic rings. The van der Waals surface area contributed by atoms with Crippen LogP contribution in [0.4, 0.5) is 17.1 Å². The van der Waals surface area contributed by atoms with Gasteiger partial charge in [0.15, 0.2) is 0 Å². The lowest BCUT2D eigenvalue weighted by atomic mass is 9.98. The third kappa shape index (κ3) is 2.44. The highest BCUT2D eigenvalue weighted by molar-refractivity contribution is 5.95. The highest BCUT2D eigenvalue weighted by Crippen LogP contribution is 2.35. The maximum absolute atomic E-state index is 11.2. The number of carboxylic acid groups (broad SMARTS) is 1. The summed E-state index contributed by atoms with van der Waals surface area (Å²) in [6, 6.07) is 11.6. The maximum Gasteiger partial charge on any atom is 0.337 e. The number of benzene rings is 2. The number of carboxylic acids is 1. The fourth-order valence-electron chi connectivity index (χ4n) is 2.89. The van der Waals surface area contributed by atoms with Crippen LogP contribution in [0.1, 0.15) is 27.9 Å². The van der Waals surface area contributed by atoms with Crippen LogP contribution in [0.2, 0.25) is 0 Å². The van der Waals surface area contributed by atoms with Crippen LogP contribution in [0.15, 0.2) is 36.4 Å². The van der Waals surface area contributed by atoms with E-state index in [1.807, 2.05) is 6.07 Å². The van der Waals surface area contributed by atoms with E-state index in [1.54, 1.807) is 12.1 Å². The normalized spacial score (nSPS) is 13.9. The molecule has 2 aromatic carbocycles. The molecule has 21 heavy (non-hydrogen) atoms. The van der Waals surface area contributed by atoms with Crippen molar-refractivity contribution >= 4 is 23.0 Å². The van der Waals surface area contributed by atoms with Gasteiger partial charge >= 0.3 is 5.97 Å². The summed E-state index contributed by atoms with van der Waals surface area (Å²) in [5.74, 6) is -0.990. The summed E-state index contributed by atoms with van der Waals surface area (Å²) in [4.78, 5) is 13.4. The van der Waals surface area contributed by atoms with Crippen molar-refractivity contribution in [2.45, 2.75) is 19.8 Å². The van der Waals surface area contributed by atoms with E-state index in [2.05, 4.69) is 30.0 Å². The molecular weight excluding hydrogens is 264 g/mol. The minimum absolute atomic E-state index is 0.159. The van der Waals surface area contributed by atoms with Gasteiger partial charge in [-0.05, 0) is 49.6 Å². The van der Waals surface area contributed by atoms with Gasteiger partial charge in [0.05, 0.1) is 5.56 Å². The fraction of sp³-hybridized carbons (Fsp3) is 0.235. The molecule has 1 heterocycles. The molecule has 0 saturated carbocycles. The molecule has 0 bridgehead atoms. The lowest BCUT2D eigenvalue weighted by Crippen LogP contribution is -2.24. The van der Waals surface area contributed by atoms with Gasteiger partial charge in [0.25, 0.3) is 0 Å². The quantitative estimate of drug-likeness (QED) is 0.829. The topological polar surface area (TPSA) is 66.6 Å². The predicted molar refractivity (Wildman–Crippen MR) is 84.3 cm³/mol. The van der Waals surface area contributed by atoms with Crippen molar-refractivity contribution in [1.82, 2.24) is 0 Å². The summed E-state index contributed by atoms with van der Waals surface area (Å²) in [6.07, 6.45) is 2.12. The fourth-order valence-corrected chi connectivity index (χ4v) is 2.89. The van der Waals surface area contributed by atoms with E-state index in [0.29, 0.717) is 5.69 Å². The molecule has 2 aromatic rings. The molecule has 0 aromatic heterocycles. The Morgan fingerprint density at radius 2 is 2.05 bits per heavy atom. The van der Waals surface area contributed by atoms with Crippen molar-refractivity contribution in [3.8, 4) is 0 Å². The Hall–Kier alpha value is -2.49. The highest BCUT2D eigenvalue weighted by atomic mass is 16.4. The second-order valence-corrected chi connectivity index (χ2v) is 5.46. The molecule has 3 rings (SSSR count). The average molecular weight is 282 g/mol. The van der Waals surface area contributed by atoms with Crippen molar-refractivity contribution < 1.29 is 9.90 Å². The molecule has 3 N–H and O–H groups in total. The van der Waals surface area contributed by atoms with Crippen LogP contribution in [-0.2, 0) is 6.42 Å². The third-order valence-electron chi connectivity index (χ3n) is 3.93. The van der Waals surface area contributed by atoms with Crippen LogP contribution in [0.3, 0.4) is 0 Å². The van der Waals surface area contributed by atoms with Gasteiger partial charge in [-0.2, -0.15) is 0 Å². The number of hydrogen-bond donors (Lipinski definition) is 2. The molecule has 0 unspecified atom stereocenters. The van der Waals surface area contributed by atoms with Gasteiger partial charge in [-0.25, -0.2) is 4.79 Å². The summed E-state index contributed by atoms with van der Waals surface area (Å²) in [6.45, 7) is 2.98. The standard InChI is InChI=1S/C17H18N2O2/c1-11-4-7-16-12(9-11)3-2-8-19(16)13-5-6-15(18)14(10-13)17(20)21/h4-7,9-10H,2-3,8,18H2,1H3,(H,20,21). The summed E-state index contributed by atoms with van der Waals surface area (Å²) in [5, 5.41) is 9.22. The number of carbonyl (C=O) groups is 1. The number of nitrogen functional groups attached to an aromatic ring is 1. The number of nitrogens with zero attached hydrogens (tertiary/aromatic N) is 1. The highest BCUT2D eigenvalue weighted by Gasteiger charge is 2.20. The third-order valence-corrected chi connectivity index (χ3v) is 3.93. The Bertz CT molecular complexity index is 710. The Labute approximate surface area is 123 Å². The average Bonchev–Trinajstić information content (AvgIpc) is 2.46. The molecule has 4 nitrogen and oxygen atoms in total.